The fourth-order valence-corrected chi connectivity index (χ4v) is 2.26. The summed E-state index contributed by atoms with van der Waals surface area (Å²) in [6, 6.07) is 10.3. The average molecular weight is 335 g/mol. The lowest BCUT2D eigenvalue weighted by Gasteiger charge is -2.09. The number of hydrogen-bond acceptors (Lipinski definition) is 4. The smallest absolute Gasteiger partial charge is 0.255 e. The molecule has 1 heterocycles. The van der Waals surface area contributed by atoms with Crippen LogP contribution in [0.3, 0.4) is 0 Å². The van der Waals surface area contributed by atoms with E-state index in [4.69, 9.17) is 15.2 Å². The van der Waals surface area contributed by atoms with Crippen LogP contribution < -0.4 is 20.5 Å². The van der Waals surface area contributed by atoms with Crippen LogP contribution in [-0.4, -0.2) is 12.7 Å². The maximum atomic E-state index is 12.2. The Labute approximate surface area is 123 Å². The van der Waals surface area contributed by atoms with E-state index in [1.165, 1.54) is 0 Å². The summed E-state index contributed by atoms with van der Waals surface area (Å²) in [5.41, 5.74) is 7.39. The van der Waals surface area contributed by atoms with Gasteiger partial charge in [-0.05, 0) is 36.4 Å². The van der Waals surface area contributed by atoms with Gasteiger partial charge in [0.25, 0.3) is 5.91 Å². The summed E-state index contributed by atoms with van der Waals surface area (Å²) in [5, 5.41) is 2.76. The summed E-state index contributed by atoms with van der Waals surface area (Å²) in [6.07, 6.45) is 0. The molecule has 0 atom stereocenters. The number of fused-ring (bicyclic) bond motifs is 1. The minimum Gasteiger partial charge on any atom is -0.454 e. The van der Waals surface area contributed by atoms with Crippen LogP contribution in [0.15, 0.2) is 40.9 Å². The molecule has 3 rings (SSSR count). The summed E-state index contributed by atoms with van der Waals surface area (Å²) in [7, 11) is 0. The van der Waals surface area contributed by atoms with Crippen LogP contribution in [0, 0.1) is 0 Å². The van der Waals surface area contributed by atoms with Gasteiger partial charge >= 0.3 is 0 Å². The molecule has 0 aliphatic carbocycles. The van der Waals surface area contributed by atoms with Crippen molar-refractivity contribution in [1.82, 2.24) is 0 Å². The molecule has 2 aromatic rings. The number of ether oxygens (including phenoxy) is 2. The molecule has 0 saturated carbocycles. The van der Waals surface area contributed by atoms with Gasteiger partial charge in [0.2, 0.25) is 6.79 Å². The van der Waals surface area contributed by atoms with E-state index in [0.29, 0.717) is 28.4 Å². The van der Waals surface area contributed by atoms with Crippen molar-refractivity contribution in [2.45, 2.75) is 0 Å². The second kappa shape index (κ2) is 5.05. The molecular formula is C14H11BrN2O3. The van der Waals surface area contributed by atoms with Gasteiger partial charge in [0.15, 0.2) is 11.5 Å². The van der Waals surface area contributed by atoms with E-state index < -0.39 is 0 Å². The number of hydrogen-bond donors (Lipinski definition) is 2. The van der Waals surface area contributed by atoms with E-state index in [1.807, 2.05) is 6.07 Å². The summed E-state index contributed by atoms with van der Waals surface area (Å²) in [4.78, 5) is 12.2. The van der Waals surface area contributed by atoms with Gasteiger partial charge in [0, 0.05) is 10.0 Å². The number of rotatable bonds is 2. The number of nitrogen functional groups attached to an aromatic ring is 1. The fourth-order valence-electron chi connectivity index (χ4n) is 1.88. The zero-order valence-electron chi connectivity index (χ0n) is 10.4. The van der Waals surface area contributed by atoms with Crippen molar-refractivity contribution in [3.8, 4) is 11.5 Å². The maximum absolute atomic E-state index is 12.2. The summed E-state index contributed by atoms with van der Waals surface area (Å²) >= 11 is 3.32. The fraction of sp³-hybridized carbons (Fsp3) is 0.0714. The van der Waals surface area contributed by atoms with Crippen molar-refractivity contribution in [3.05, 3.63) is 46.4 Å². The molecule has 102 valence electrons. The Morgan fingerprint density at radius 2 is 1.95 bits per heavy atom. The van der Waals surface area contributed by atoms with Gasteiger partial charge in [-0.2, -0.15) is 0 Å². The lowest BCUT2D eigenvalue weighted by atomic mass is 10.2. The standard InChI is InChI=1S/C14H11BrN2O3/c15-9-2-3-11(10(16)6-9)17-14(18)8-1-4-12-13(5-8)20-7-19-12/h1-6H,7,16H2,(H,17,18). The van der Waals surface area contributed by atoms with E-state index in [0.717, 1.165) is 4.47 Å². The van der Waals surface area contributed by atoms with Crippen LogP contribution in [0.4, 0.5) is 11.4 Å². The Hall–Kier alpha value is -2.21. The molecule has 0 fully saturated rings. The van der Waals surface area contributed by atoms with Gasteiger partial charge in [0.05, 0.1) is 11.4 Å². The Morgan fingerprint density at radius 1 is 1.15 bits per heavy atom. The number of nitrogens with two attached hydrogens (primary N) is 1. The van der Waals surface area contributed by atoms with Crippen LogP contribution in [0.25, 0.3) is 0 Å². The molecule has 0 aromatic heterocycles. The van der Waals surface area contributed by atoms with Crippen LogP contribution in [0.1, 0.15) is 10.4 Å². The molecule has 20 heavy (non-hydrogen) atoms. The first-order chi connectivity index (χ1) is 9.63. The van der Waals surface area contributed by atoms with Gasteiger partial charge in [-0.15, -0.1) is 0 Å². The predicted molar refractivity (Wildman–Crippen MR) is 79.1 cm³/mol. The number of halogens is 1. The van der Waals surface area contributed by atoms with Gasteiger partial charge in [0.1, 0.15) is 0 Å². The van der Waals surface area contributed by atoms with Crippen molar-refractivity contribution in [2.24, 2.45) is 0 Å². The van der Waals surface area contributed by atoms with Crippen LogP contribution in [0.2, 0.25) is 0 Å². The van der Waals surface area contributed by atoms with Crippen molar-refractivity contribution in [3.63, 3.8) is 0 Å². The number of nitrogens with one attached hydrogen (secondary N) is 1. The Kier molecular flexibility index (Phi) is 3.23. The van der Waals surface area contributed by atoms with Gasteiger partial charge in [-0.3, -0.25) is 4.79 Å². The monoisotopic (exact) mass is 334 g/mol. The maximum Gasteiger partial charge on any atom is 0.255 e. The van der Waals surface area contributed by atoms with E-state index in [9.17, 15) is 4.79 Å². The third-order valence-electron chi connectivity index (χ3n) is 2.90. The second-order valence-electron chi connectivity index (χ2n) is 4.25. The summed E-state index contributed by atoms with van der Waals surface area (Å²) in [5.74, 6) is 0.962. The third kappa shape index (κ3) is 2.42. The van der Waals surface area contributed by atoms with Crippen LogP contribution in [0.5, 0.6) is 11.5 Å². The first-order valence-electron chi connectivity index (χ1n) is 5.89. The van der Waals surface area contributed by atoms with E-state index in [2.05, 4.69) is 21.2 Å². The van der Waals surface area contributed by atoms with Crippen LogP contribution in [-0.2, 0) is 0 Å². The number of benzene rings is 2. The zero-order chi connectivity index (χ0) is 14.1. The van der Waals surface area contributed by atoms with E-state index in [1.54, 1.807) is 30.3 Å². The highest BCUT2D eigenvalue weighted by atomic mass is 79.9. The van der Waals surface area contributed by atoms with Gasteiger partial charge in [-0.25, -0.2) is 0 Å². The Balaban J connectivity index is 1.82. The highest BCUT2D eigenvalue weighted by Gasteiger charge is 2.16. The normalized spacial score (nSPS) is 12.2. The molecular weight excluding hydrogens is 324 g/mol. The number of carbonyl (C=O) groups excluding carboxylic acids is 1. The van der Waals surface area contributed by atoms with Crippen molar-refractivity contribution in [1.29, 1.82) is 0 Å². The first-order valence-corrected chi connectivity index (χ1v) is 6.69. The van der Waals surface area contributed by atoms with Crippen molar-refractivity contribution in [2.75, 3.05) is 17.8 Å². The lowest BCUT2D eigenvalue weighted by molar-refractivity contribution is 0.102. The van der Waals surface area contributed by atoms with E-state index in [-0.39, 0.29) is 12.7 Å². The molecule has 0 saturated heterocycles. The minimum absolute atomic E-state index is 0.181. The molecule has 1 amide bonds. The quantitative estimate of drug-likeness (QED) is 0.828. The van der Waals surface area contributed by atoms with Gasteiger partial charge < -0.3 is 20.5 Å². The molecule has 1 aliphatic rings. The molecule has 0 spiro atoms. The van der Waals surface area contributed by atoms with Gasteiger partial charge in [-0.1, -0.05) is 15.9 Å². The minimum atomic E-state index is -0.252. The largest absolute Gasteiger partial charge is 0.454 e. The number of amides is 1. The van der Waals surface area contributed by atoms with Crippen molar-refractivity contribution >= 4 is 33.2 Å². The Morgan fingerprint density at radius 3 is 2.75 bits per heavy atom. The molecule has 5 nitrogen and oxygen atoms in total. The number of carbonyl (C=O) groups is 1. The summed E-state index contributed by atoms with van der Waals surface area (Å²) < 4.78 is 11.3. The Bertz CT molecular complexity index is 688. The predicted octanol–water partition coefficient (Wildman–Crippen LogP) is 3.01. The molecule has 6 heteroatoms. The summed E-state index contributed by atoms with van der Waals surface area (Å²) in [6.45, 7) is 0.181. The molecule has 0 unspecified atom stereocenters. The molecule has 3 N–H and O–H groups in total. The number of anilines is 2. The van der Waals surface area contributed by atoms with Crippen molar-refractivity contribution < 1.29 is 14.3 Å². The molecule has 0 bridgehead atoms. The highest BCUT2D eigenvalue weighted by Crippen LogP contribution is 2.33. The zero-order valence-corrected chi connectivity index (χ0v) is 11.9. The topological polar surface area (TPSA) is 73.6 Å². The second-order valence-corrected chi connectivity index (χ2v) is 5.17. The average Bonchev–Trinajstić information content (AvgIpc) is 2.89. The van der Waals surface area contributed by atoms with Crippen LogP contribution >= 0.6 is 15.9 Å². The first kappa shape index (κ1) is 12.8. The highest BCUT2D eigenvalue weighted by molar-refractivity contribution is 9.10. The third-order valence-corrected chi connectivity index (χ3v) is 3.39. The van der Waals surface area contributed by atoms with E-state index >= 15 is 0 Å². The molecule has 2 aromatic carbocycles. The SMILES string of the molecule is Nc1cc(Br)ccc1NC(=O)c1ccc2c(c1)OCO2. The lowest BCUT2D eigenvalue weighted by Crippen LogP contribution is -2.13. The molecule has 0 radical (unpaired) electrons. The molecule has 1 aliphatic heterocycles.